The zero-order valence-corrected chi connectivity index (χ0v) is 9.57. The normalized spacial score (nSPS) is 13.1. The first kappa shape index (κ1) is 15.0. The van der Waals surface area contributed by atoms with E-state index in [9.17, 15) is 22.8 Å². The number of nitrogens with two attached hydrogens (primary N) is 2. The number of benzene rings is 1. The van der Waals surface area contributed by atoms with Crippen molar-refractivity contribution in [2.75, 3.05) is 6.61 Å². The summed E-state index contributed by atoms with van der Waals surface area (Å²) in [5, 5.41) is 9.01. The van der Waals surface area contributed by atoms with Crippen molar-refractivity contribution >= 4 is 11.8 Å². The lowest BCUT2D eigenvalue weighted by Gasteiger charge is -2.16. The molecule has 0 spiro atoms. The minimum atomic E-state index is -4.65. The summed E-state index contributed by atoms with van der Waals surface area (Å²) in [6.07, 6.45) is -4.65. The van der Waals surface area contributed by atoms with E-state index < -0.39 is 41.6 Å². The molecule has 19 heavy (non-hydrogen) atoms. The zero-order chi connectivity index (χ0) is 14.8. The Bertz CT molecular complexity index is 514. The van der Waals surface area contributed by atoms with Crippen molar-refractivity contribution in [1.29, 1.82) is 0 Å². The number of hydrogen-bond acceptors (Lipinski definition) is 3. The van der Waals surface area contributed by atoms with Gasteiger partial charge in [0.1, 0.15) is 0 Å². The second-order valence-corrected chi connectivity index (χ2v) is 3.80. The quantitative estimate of drug-likeness (QED) is 0.739. The minimum Gasteiger partial charge on any atom is -0.395 e. The second kappa shape index (κ2) is 5.27. The van der Waals surface area contributed by atoms with Crippen LogP contribution in [0.3, 0.4) is 0 Å². The van der Waals surface area contributed by atoms with Gasteiger partial charge >= 0.3 is 6.18 Å². The average molecular weight is 276 g/mol. The molecule has 8 heteroatoms. The molecule has 0 aliphatic heterocycles. The predicted octanol–water partition coefficient (Wildman–Crippen LogP) is 0.366. The van der Waals surface area contributed by atoms with Crippen LogP contribution in [0.5, 0.6) is 0 Å². The van der Waals surface area contributed by atoms with E-state index in [-0.39, 0.29) is 5.56 Å². The van der Waals surface area contributed by atoms with Crippen LogP contribution in [0.25, 0.3) is 0 Å². The molecule has 0 unspecified atom stereocenters. The number of hydrogen-bond donors (Lipinski definition) is 3. The summed E-state index contributed by atoms with van der Waals surface area (Å²) >= 11 is 0. The highest BCUT2D eigenvalue weighted by Gasteiger charge is 2.32. The third kappa shape index (κ3) is 3.22. The molecule has 0 bridgehead atoms. The van der Waals surface area contributed by atoms with E-state index in [0.29, 0.717) is 12.1 Å². The Labute approximate surface area is 106 Å². The molecule has 5 nitrogen and oxygen atoms in total. The Hall–Kier alpha value is -2.09. The van der Waals surface area contributed by atoms with Crippen LogP contribution in [-0.4, -0.2) is 23.5 Å². The maximum atomic E-state index is 12.5. The highest BCUT2D eigenvalue weighted by molar-refractivity contribution is 5.97. The number of alkyl halides is 3. The molecule has 0 aliphatic carbocycles. The summed E-state index contributed by atoms with van der Waals surface area (Å²) in [6, 6.07) is 2.13. The van der Waals surface area contributed by atoms with E-state index >= 15 is 0 Å². The molecule has 2 amide bonds. The van der Waals surface area contributed by atoms with Crippen molar-refractivity contribution in [2.45, 2.75) is 12.1 Å². The first-order chi connectivity index (χ1) is 8.68. The fourth-order valence-electron chi connectivity index (χ4n) is 1.59. The molecule has 1 rings (SSSR count). The predicted molar refractivity (Wildman–Crippen MR) is 59.0 cm³/mol. The third-order valence-electron chi connectivity index (χ3n) is 2.55. The molecule has 0 radical (unpaired) electrons. The summed E-state index contributed by atoms with van der Waals surface area (Å²) in [5.41, 5.74) is 8.28. The summed E-state index contributed by atoms with van der Waals surface area (Å²) in [7, 11) is 0. The van der Waals surface area contributed by atoms with Crippen LogP contribution in [0.2, 0.25) is 0 Å². The van der Waals surface area contributed by atoms with Gasteiger partial charge < -0.3 is 16.6 Å². The fourth-order valence-corrected chi connectivity index (χ4v) is 1.59. The van der Waals surface area contributed by atoms with Crippen LogP contribution in [-0.2, 0) is 11.0 Å². The summed E-state index contributed by atoms with van der Waals surface area (Å²) < 4.78 is 37.5. The van der Waals surface area contributed by atoms with E-state index in [2.05, 4.69) is 0 Å². The smallest absolute Gasteiger partial charge is 0.395 e. The van der Waals surface area contributed by atoms with Crippen LogP contribution >= 0.6 is 0 Å². The number of carbonyl (C=O) groups excluding carboxylic acids is 2. The van der Waals surface area contributed by atoms with Gasteiger partial charge in [0, 0.05) is 5.56 Å². The van der Waals surface area contributed by atoms with Crippen LogP contribution < -0.4 is 11.5 Å². The fraction of sp³-hybridized carbons (Fsp3) is 0.273. The van der Waals surface area contributed by atoms with Crippen molar-refractivity contribution in [3.05, 3.63) is 34.9 Å². The Morgan fingerprint density at radius 3 is 2.21 bits per heavy atom. The number of aliphatic hydroxyl groups excluding tert-OH is 1. The van der Waals surface area contributed by atoms with Gasteiger partial charge in [-0.05, 0) is 17.7 Å². The molecule has 0 fully saturated rings. The molecular formula is C11H11F3N2O3. The monoisotopic (exact) mass is 276 g/mol. The Morgan fingerprint density at radius 2 is 1.84 bits per heavy atom. The number of amides is 2. The molecule has 0 aliphatic rings. The highest BCUT2D eigenvalue weighted by atomic mass is 19.4. The molecule has 0 saturated heterocycles. The maximum absolute atomic E-state index is 12.5. The second-order valence-electron chi connectivity index (χ2n) is 3.80. The summed E-state index contributed by atoms with van der Waals surface area (Å²) in [6.45, 7) is -0.735. The Morgan fingerprint density at radius 1 is 1.26 bits per heavy atom. The third-order valence-corrected chi connectivity index (χ3v) is 2.55. The van der Waals surface area contributed by atoms with E-state index in [1.165, 1.54) is 0 Å². The van der Waals surface area contributed by atoms with Crippen molar-refractivity contribution < 1.29 is 27.9 Å². The van der Waals surface area contributed by atoms with Gasteiger partial charge in [-0.2, -0.15) is 13.2 Å². The van der Waals surface area contributed by atoms with Gasteiger partial charge in [-0.1, -0.05) is 6.07 Å². The van der Waals surface area contributed by atoms with Crippen LogP contribution in [0.15, 0.2) is 18.2 Å². The molecule has 0 heterocycles. The van der Waals surface area contributed by atoms with Gasteiger partial charge in [-0.25, -0.2) is 0 Å². The lowest BCUT2D eigenvalue weighted by molar-refractivity contribution is -0.137. The van der Waals surface area contributed by atoms with Crippen LogP contribution in [0, 0.1) is 0 Å². The average Bonchev–Trinajstić information content (AvgIpc) is 2.28. The standard InChI is InChI=1S/C11H11F3N2O3/c12-11(13,14)5-1-2-6(7(3-5)9(15)18)8(4-17)10(16)19/h1-3,8,17H,4H2,(H2,15,18)(H2,16,19)/t8-/m1/s1. The lowest BCUT2D eigenvalue weighted by atomic mass is 9.92. The lowest BCUT2D eigenvalue weighted by Crippen LogP contribution is -2.27. The van der Waals surface area contributed by atoms with Gasteiger partial charge in [-0.3, -0.25) is 9.59 Å². The zero-order valence-electron chi connectivity index (χ0n) is 9.57. The molecule has 1 atom stereocenters. The molecule has 0 aromatic heterocycles. The van der Waals surface area contributed by atoms with Gasteiger partial charge in [-0.15, -0.1) is 0 Å². The van der Waals surface area contributed by atoms with E-state index in [0.717, 1.165) is 6.07 Å². The van der Waals surface area contributed by atoms with E-state index in [1.807, 2.05) is 0 Å². The van der Waals surface area contributed by atoms with Gasteiger partial charge in [0.25, 0.3) is 0 Å². The SMILES string of the molecule is NC(=O)c1cc(C(F)(F)F)ccc1[C@@H](CO)C(N)=O. The summed E-state index contributed by atoms with van der Waals surface area (Å²) in [5.74, 6) is -3.39. The maximum Gasteiger partial charge on any atom is 0.416 e. The minimum absolute atomic E-state index is 0.129. The number of aliphatic hydroxyl groups is 1. The first-order valence-electron chi connectivity index (χ1n) is 5.09. The molecular weight excluding hydrogens is 265 g/mol. The summed E-state index contributed by atoms with van der Waals surface area (Å²) in [4.78, 5) is 22.2. The number of halogens is 3. The van der Waals surface area contributed by atoms with Crippen molar-refractivity contribution in [3.8, 4) is 0 Å². The highest BCUT2D eigenvalue weighted by Crippen LogP contribution is 2.32. The Kier molecular flexibility index (Phi) is 4.15. The molecule has 5 N–H and O–H groups in total. The largest absolute Gasteiger partial charge is 0.416 e. The van der Waals surface area contributed by atoms with Crippen LogP contribution in [0.1, 0.15) is 27.4 Å². The Balaban J connectivity index is 3.42. The topological polar surface area (TPSA) is 106 Å². The van der Waals surface area contributed by atoms with E-state index in [4.69, 9.17) is 16.6 Å². The van der Waals surface area contributed by atoms with Gasteiger partial charge in [0.2, 0.25) is 11.8 Å². The molecule has 1 aromatic rings. The number of rotatable bonds is 4. The van der Waals surface area contributed by atoms with Gasteiger partial charge in [0.15, 0.2) is 0 Å². The van der Waals surface area contributed by atoms with E-state index in [1.54, 1.807) is 0 Å². The first-order valence-corrected chi connectivity index (χ1v) is 5.09. The molecule has 1 aromatic carbocycles. The molecule has 104 valence electrons. The van der Waals surface area contributed by atoms with Gasteiger partial charge in [0.05, 0.1) is 18.1 Å². The van der Waals surface area contributed by atoms with Crippen molar-refractivity contribution in [2.24, 2.45) is 11.5 Å². The van der Waals surface area contributed by atoms with Crippen molar-refractivity contribution in [3.63, 3.8) is 0 Å². The number of carbonyl (C=O) groups is 2. The van der Waals surface area contributed by atoms with Crippen LogP contribution in [0.4, 0.5) is 13.2 Å². The van der Waals surface area contributed by atoms with Crippen molar-refractivity contribution in [1.82, 2.24) is 0 Å². The number of primary amides is 2. The molecule has 0 saturated carbocycles.